The SMILES string of the molecule is O=c1c2cc(Cl)ccc2ccn1C1CC1. The average Bonchev–Trinajstić information content (AvgIpc) is 3.03. The van der Waals surface area contributed by atoms with E-state index < -0.39 is 0 Å². The Balaban J connectivity index is 2.35. The lowest BCUT2D eigenvalue weighted by molar-refractivity contribution is 0.714. The lowest BCUT2D eigenvalue weighted by Crippen LogP contribution is -2.18. The molecule has 0 atom stereocenters. The van der Waals surface area contributed by atoms with E-state index in [1.54, 1.807) is 6.07 Å². The Morgan fingerprint density at radius 2 is 2.07 bits per heavy atom. The van der Waals surface area contributed by atoms with Gasteiger partial charge in [-0.1, -0.05) is 17.7 Å². The van der Waals surface area contributed by atoms with E-state index in [0.717, 1.165) is 23.6 Å². The van der Waals surface area contributed by atoms with Gasteiger partial charge in [0.2, 0.25) is 0 Å². The Morgan fingerprint density at radius 1 is 1.27 bits per heavy atom. The van der Waals surface area contributed by atoms with Crippen molar-refractivity contribution in [2.75, 3.05) is 0 Å². The van der Waals surface area contributed by atoms with E-state index in [-0.39, 0.29) is 5.56 Å². The maximum Gasteiger partial charge on any atom is 0.258 e. The number of benzene rings is 1. The molecular formula is C12H10ClNO. The van der Waals surface area contributed by atoms with Crippen molar-refractivity contribution in [1.82, 2.24) is 4.57 Å². The van der Waals surface area contributed by atoms with Crippen LogP contribution >= 0.6 is 11.6 Å². The number of rotatable bonds is 1. The fourth-order valence-corrected chi connectivity index (χ4v) is 2.04. The second-order valence-electron chi connectivity index (χ2n) is 3.99. The number of aromatic nitrogens is 1. The standard InChI is InChI=1S/C12H10ClNO/c13-9-2-1-8-5-6-14(10-3-4-10)12(15)11(8)7-9/h1-2,5-7,10H,3-4H2. The number of pyridine rings is 1. The number of fused-ring (bicyclic) bond motifs is 1. The first kappa shape index (κ1) is 8.98. The van der Waals surface area contributed by atoms with Crippen LogP contribution in [0.2, 0.25) is 5.02 Å². The number of nitrogens with zero attached hydrogens (tertiary/aromatic N) is 1. The molecule has 1 aromatic heterocycles. The van der Waals surface area contributed by atoms with Crippen molar-refractivity contribution in [2.24, 2.45) is 0 Å². The van der Waals surface area contributed by atoms with Gasteiger partial charge in [-0.05, 0) is 36.4 Å². The average molecular weight is 220 g/mol. The van der Waals surface area contributed by atoms with Crippen LogP contribution in [0.5, 0.6) is 0 Å². The maximum absolute atomic E-state index is 12.1. The third kappa shape index (κ3) is 1.45. The highest BCUT2D eigenvalue weighted by Crippen LogP contribution is 2.33. The van der Waals surface area contributed by atoms with Gasteiger partial charge in [0, 0.05) is 22.6 Å². The lowest BCUT2D eigenvalue weighted by atomic mass is 10.2. The molecule has 0 bridgehead atoms. The van der Waals surface area contributed by atoms with Crippen molar-refractivity contribution in [3.63, 3.8) is 0 Å². The molecule has 15 heavy (non-hydrogen) atoms. The zero-order valence-corrected chi connectivity index (χ0v) is 8.87. The van der Waals surface area contributed by atoms with Crippen LogP contribution in [0, 0.1) is 0 Å². The summed E-state index contributed by atoms with van der Waals surface area (Å²) in [4.78, 5) is 12.1. The first-order chi connectivity index (χ1) is 7.25. The summed E-state index contributed by atoms with van der Waals surface area (Å²) < 4.78 is 1.82. The van der Waals surface area contributed by atoms with Crippen molar-refractivity contribution in [1.29, 1.82) is 0 Å². The predicted molar refractivity (Wildman–Crippen MR) is 61.5 cm³/mol. The van der Waals surface area contributed by atoms with Gasteiger partial charge in [0.1, 0.15) is 0 Å². The molecule has 76 valence electrons. The molecule has 1 aliphatic carbocycles. The molecule has 0 unspecified atom stereocenters. The normalized spacial score (nSPS) is 15.8. The smallest absolute Gasteiger partial charge is 0.258 e. The van der Waals surface area contributed by atoms with Crippen LogP contribution in [0.1, 0.15) is 18.9 Å². The van der Waals surface area contributed by atoms with Crippen LogP contribution in [-0.2, 0) is 0 Å². The predicted octanol–water partition coefficient (Wildman–Crippen LogP) is 2.99. The second-order valence-corrected chi connectivity index (χ2v) is 4.43. The molecule has 3 rings (SSSR count). The van der Waals surface area contributed by atoms with Gasteiger partial charge in [0.25, 0.3) is 5.56 Å². The summed E-state index contributed by atoms with van der Waals surface area (Å²) in [6.45, 7) is 0. The van der Waals surface area contributed by atoms with E-state index in [9.17, 15) is 4.79 Å². The Morgan fingerprint density at radius 3 is 2.80 bits per heavy atom. The Hall–Kier alpha value is -1.28. The summed E-state index contributed by atoms with van der Waals surface area (Å²) in [5.41, 5.74) is 0.0810. The molecule has 2 aromatic rings. The third-order valence-electron chi connectivity index (χ3n) is 2.84. The van der Waals surface area contributed by atoms with Crippen LogP contribution < -0.4 is 5.56 Å². The molecular weight excluding hydrogens is 210 g/mol. The van der Waals surface area contributed by atoms with Gasteiger partial charge in [-0.3, -0.25) is 4.79 Å². The highest BCUT2D eigenvalue weighted by molar-refractivity contribution is 6.31. The Labute approximate surface area is 92.1 Å². The molecule has 1 saturated carbocycles. The molecule has 0 spiro atoms. The van der Waals surface area contributed by atoms with Gasteiger partial charge >= 0.3 is 0 Å². The fourth-order valence-electron chi connectivity index (χ4n) is 1.87. The summed E-state index contributed by atoms with van der Waals surface area (Å²) in [5, 5.41) is 2.30. The van der Waals surface area contributed by atoms with Crippen LogP contribution in [-0.4, -0.2) is 4.57 Å². The van der Waals surface area contributed by atoms with E-state index in [1.807, 2.05) is 29.0 Å². The Bertz CT molecular complexity index is 584. The summed E-state index contributed by atoms with van der Waals surface area (Å²) >= 11 is 5.89. The number of hydrogen-bond donors (Lipinski definition) is 0. The number of halogens is 1. The summed E-state index contributed by atoms with van der Waals surface area (Å²) in [7, 11) is 0. The summed E-state index contributed by atoms with van der Waals surface area (Å²) in [5.74, 6) is 0. The van der Waals surface area contributed by atoms with Crippen molar-refractivity contribution in [3.8, 4) is 0 Å². The van der Waals surface area contributed by atoms with Crippen LogP contribution in [0.25, 0.3) is 10.8 Å². The molecule has 0 radical (unpaired) electrons. The third-order valence-corrected chi connectivity index (χ3v) is 3.07. The zero-order valence-electron chi connectivity index (χ0n) is 8.11. The second kappa shape index (κ2) is 3.11. The highest BCUT2D eigenvalue weighted by Gasteiger charge is 2.24. The van der Waals surface area contributed by atoms with Gasteiger partial charge in [0.05, 0.1) is 0 Å². The van der Waals surface area contributed by atoms with Gasteiger partial charge in [-0.25, -0.2) is 0 Å². The minimum absolute atomic E-state index is 0.0810. The largest absolute Gasteiger partial charge is 0.312 e. The van der Waals surface area contributed by atoms with Gasteiger partial charge in [0.15, 0.2) is 0 Å². The van der Waals surface area contributed by atoms with Crippen LogP contribution in [0.15, 0.2) is 35.3 Å². The minimum atomic E-state index is 0.0810. The molecule has 1 aromatic carbocycles. The molecule has 1 fully saturated rings. The molecule has 2 nitrogen and oxygen atoms in total. The van der Waals surface area contributed by atoms with Crippen molar-refractivity contribution < 1.29 is 0 Å². The fraction of sp³-hybridized carbons (Fsp3) is 0.250. The maximum atomic E-state index is 12.1. The van der Waals surface area contributed by atoms with E-state index in [4.69, 9.17) is 11.6 Å². The van der Waals surface area contributed by atoms with E-state index in [0.29, 0.717) is 11.1 Å². The van der Waals surface area contributed by atoms with Gasteiger partial charge in [-0.2, -0.15) is 0 Å². The Kier molecular flexibility index (Phi) is 1.86. The topological polar surface area (TPSA) is 22.0 Å². The van der Waals surface area contributed by atoms with Gasteiger partial charge in [-0.15, -0.1) is 0 Å². The van der Waals surface area contributed by atoms with Gasteiger partial charge < -0.3 is 4.57 Å². The van der Waals surface area contributed by atoms with E-state index >= 15 is 0 Å². The molecule has 1 aliphatic rings. The first-order valence-corrected chi connectivity index (χ1v) is 5.44. The quantitative estimate of drug-likeness (QED) is 0.723. The minimum Gasteiger partial charge on any atom is -0.312 e. The monoisotopic (exact) mass is 219 g/mol. The molecule has 0 saturated heterocycles. The van der Waals surface area contributed by atoms with Crippen LogP contribution in [0.3, 0.4) is 0 Å². The number of hydrogen-bond acceptors (Lipinski definition) is 1. The van der Waals surface area contributed by atoms with E-state index in [2.05, 4.69) is 0 Å². The summed E-state index contributed by atoms with van der Waals surface area (Å²) in [6.07, 6.45) is 4.12. The first-order valence-electron chi connectivity index (χ1n) is 5.06. The van der Waals surface area contributed by atoms with E-state index in [1.165, 1.54) is 0 Å². The molecule has 1 heterocycles. The highest BCUT2D eigenvalue weighted by atomic mass is 35.5. The molecule has 0 aliphatic heterocycles. The lowest BCUT2D eigenvalue weighted by Gasteiger charge is -2.05. The van der Waals surface area contributed by atoms with Crippen LogP contribution in [0.4, 0.5) is 0 Å². The zero-order chi connectivity index (χ0) is 10.4. The van der Waals surface area contributed by atoms with Crippen molar-refractivity contribution >= 4 is 22.4 Å². The van der Waals surface area contributed by atoms with Crippen molar-refractivity contribution in [2.45, 2.75) is 18.9 Å². The molecule has 0 N–H and O–H groups in total. The van der Waals surface area contributed by atoms with Crippen molar-refractivity contribution in [3.05, 3.63) is 45.8 Å². The molecule has 3 heteroatoms. The summed E-state index contributed by atoms with van der Waals surface area (Å²) in [6, 6.07) is 7.84. The molecule has 0 amide bonds.